The smallest absolute Gasteiger partial charge is 0.249 e. The molecule has 1 atom stereocenters. The van der Waals surface area contributed by atoms with E-state index in [1.165, 1.54) is 10.6 Å². The third kappa shape index (κ3) is 3.36. The number of hydrogen-bond acceptors (Lipinski definition) is 4. The fourth-order valence-electron chi connectivity index (χ4n) is 3.69. The maximum absolute atomic E-state index is 12.8. The summed E-state index contributed by atoms with van der Waals surface area (Å²) in [5.41, 5.74) is -0.433. The number of amides is 1. The number of halogens is 2. The van der Waals surface area contributed by atoms with Gasteiger partial charge in [-0.2, -0.15) is 4.31 Å². The summed E-state index contributed by atoms with van der Waals surface area (Å²) in [5.74, 6) is -3.39. The number of alkyl halides is 2. The maximum Gasteiger partial charge on any atom is 0.249 e. The Hall–Kier alpha value is -0.800. The van der Waals surface area contributed by atoms with Gasteiger partial charge in [-0.05, 0) is 18.8 Å². The van der Waals surface area contributed by atoms with Crippen LogP contribution in [0, 0.1) is 11.8 Å². The lowest BCUT2D eigenvalue weighted by Gasteiger charge is -2.48. The molecule has 0 aromatic heterocycles. The normalized spacial score (nSPS) is 30.0. The molecule has 1 amide bonds. The zero-order valence-corrected chi connectivity index (χ0v) is 13.9. The Balaban J connectivity index is 1.43. The van der Waals surface area contributed by atoms with Crippen molar-refractivity contribution in [1.82, 2.24) is 9.62 Å². The largest absolute Gasteiger partial charge is 0.372 e. The van der Waals surface area contributed by atoms with Crippen molar-refractivity contribution in [2.45, 2.75) is 37.2 Å². The average Bonchev–Trinajstić information content (AvgIpc) is 2.76. The predicted molar refractivity (Wildman–Crippen MR) is 78.5 cm³/mol. The molecule has 2 aliphatic heterocycles. The molecule has 0 aromatic rings. The number of hydrogen-bond donors (Lipinski definition) is 1. The van der Waals surface area contributed by atoms with Gasteiger partial charge in [-0.25, -0.2) is 17.2 Å². The van der Waals surface area contributed by atoms with Crippen molar-refractivity contribution in [2.75, 3.05) is 32.5 Å². The van der Waals surface area contributed by atoms with Crippen LogP contribution in [0.3, 0.4) is 0 Å². The van der Waals surface area contributed by atoms with Crippen LogP contribution in [-0.2, 0) is 19.6 Å². The van der Waals surface area contributed by atoms with Gasteiger partial charge in [0, 0.05) is 45.0 Å². The number of carbonyl (C=O) groups excluding carboxylic acids is 1. The first-order chi connectivity index (χ1) is 10.6. The first-order valence-electron chi connectivity index (χ1n) is 7.86. The molecule has 3 fully saturated rings. The van der Waals surface area contributed by atoms with Gasteiger partial charge in [-0.3, -0.25) is 4.79 Å². The first-order valence-corrected chi connectivity index (χ1v) is 9.71. The van der Waals surface area contributed by atoms with E-state index in [1.54, 1.807) is 0 Å². The molecule has 9 heteroatoms. The monoisotopic (exact) mass is 352 g/mol. The number of nitrogens with zero attached hydrogens (tertiary/aromatic N) is 1. The highest BCUT2D eigenvalue weighted by atomic mass is 32.2. The lowest BCUT2D eigenvalue weighted by atomic mass is 9.79. The molecule has 0 unspecified atom stereocenters. The van der Waals surface area contributed by atoms with E-state index >= 15 is 0 Å². The van der Waals surface area contributed by atoms with Crippen LogP contribution in [0.1, 0.15) is 25.7 Å². The van der Waals surface area contributed by atoms with Crippen LogP contribution in [0.2, 0.25) is 0 Å². The van der Waals surface area contributed by atoms with E-state index in [0.717, 1.165) is 6.42 Å². The summed E-state index contributed by atoms with van der Waals surface area (Å²) in [6.07, 6.45) is 1.96. The standard InChI is InChI=1S/C14H22F2N2O4S/c1-23(20,21)18-8-13(9-18)11(3-5-22-13)2-4-17-12(19)10-6-14(15,16)7-10/h10-11H,2-9H2,1H3,(H,17,19)/t11-/m1/s1. The third-order valence-corrected chi connectivity index (χ3v) is 6.41. The molecular weight excluding hydrogens is 330 g/mol. The molecule has 3 aliphatic rings. The third-order valence-electron chi connectivity index (χ3n) is 5.21. The summed E-state index contributed by atoms with van der Waals surface area (Å²) in [4.78, 5) is 11.8. The van der Waals surface area contributed by atoms with Crippen LogP contribution >= 0.6 is 0 Å². The van der Waals surface area contributed by atoms with Crippen LogP contribution < -0.4 is 5.32 Å². The van der Waals surface area contributed by atoms with Crippen LogP contribution in [0.15, 0.2) is 0 Å². The highest BCUT2D eigenvalue weighted by molar-refractivity contribution is 7.88. The summed E-state index contributed by atoms with van der Waals surface area (Å²) in [6, 6.07) is 0. The Morgan fingerprint density at radius 3 is 2.57 bits per heavy atom. The summed E-state index contributed by atoms with van der Waals surface area (Å²) in [7, 11) is -3.19. The zero-order valence-electron chi connectivity index (χ0n) is 13.1. The predicted octanol–water partition coefficient (Wildman–Crippen LogP) is 0.588. The molecule has 132 valence electrons. The van der Waals surface area contributed by atoms with E-state index in [-0.39, 0.29) is 24.7 Å². The van der Waals surface area contributed by atoms with Gasteiger partial charge < -0.3 is 10.1 Å². The molecule has 2 heterocycles. The molecule has 0 aromatic carbocycles. The Kier molecular flexibility index (Phi) is 4.17. The summed E-state index contributed by atoms with van der Waals surface area (Å²) < 4.78 is 55.6. The van der Waals surface area contributed by atoms with E-state index in [1.807, 2.05) is 0 Å². The quantitative estimate of drug-likeness (QED) is 0.786. The van der Waals surface area contributed by atoms with Crippen molar-refractivity contribution in [2.24, 2.45) is 11.8 Å². The van der Waals surface area contributed by atoms with E-state index in [0.29, 0.717) is 32.7 Å². The van der Waals surface area contributed by atoms with Crippen molar-refractivity contribution in [3.8, 4) is 0 Å². The number of sulfonamides is 1. The highest BCUT2D eigenvalue weighted by Gasteiger charge is 2.55. The fourth-order valence-corrected chi connectivity index (χ4v) is 4.59. The van der Waals surface area contributed by atoms with Gasteiger partial charge in [0.1, 0.15) is 0 Å². The van der Waals surface area contributed by atoms with E-state index in [4.69, 9.17) is 4.74 Å². The van der Waals surface area contributed by atoms with Gasteiger partial charge in [-0.1, -0.05) is 0 Å². The Morgan fingerprint density at radius 1 is 1.35 bits per heavy atom. The molecule has 23 heavy (non-hydrogen) atoms. The molecule has 1 saturated carbocycles. The van der Waals surface area contributed by atoms with Gasteiger partial charge in [0.15, 0.2) is 0 Å². The lowest BCUT2D eigenvalue weighted by molar-refractivity contribution is -0.150. The van der Waals surface area contributed by atoms with Crippen LogP contribution in [0.4, 0.5) is 8.78 Å². The van der Waals surface area contributed by atoms with Crippen molar-refractivity contribution >= 4 is 15.9 Å². The van der Waals surface area contributed by atoms with Gasteiger partial charge in [0.25, 0.3) is 0 Å². The van der Waals surface area contributed by atoms with Crippen molar-refractivity contribution in [1.29, 1.82) is 0 Å². The molecule has 1 aliphatic carbocycles. The van der Waals surface area contributed by atoms with E-state index < -0.39 is 27.5 Å². The van der Waals surface area contributed by atoms with Gasteiger partial charge in [0.2, 0.25) is 21.9 Å². The second kappa shape index (κ2) is 5.63. The molecule has 0 radical (unpaired) electrons. The SMILES string of the molecule is CS(=O)(=O)N1CC2(C1)OCC[C@H]2CCNC(=O)C1CC(F)(F)C1. The minimum atomic E-state index is -3.19. The topological polar surface area (TPSA) is 75.7 Å². The highest BCUT2D eigenvalue weighted by Crippen LogP contribution is 2.43. The van der Waals surface area contributed by atoms with E-state index in [9.17, 15) is 22.0 Å². The molecule has 1 N–H and O–H groups in total. The minimum absolute atomic E-state index is 0.184. The Labute approximate surface area is 134 Å². The Morgan fingerprint density at radius 2 is 2.00 bits per heavy atom. The Bertz CT molecular complexity index is 582. The number of carbonyl (C=O) groups is 1. The molecule has 6 nitrogen and oxygen atoms in total. The zero-order chi connectivity index (χ0) is 16.9. The molecular formula is C14H22F2N2O4S. The number of ether oxygens (including phenoxy) is 1. The summed E-state index contributed by atoms with van der Waals surface area (Å²) >= 11 is 0. The van der Waals surface area contributed by atoms with E-state index in [2.05, 4.69) is 5.32 Å². The molecule has 1 spiro atoms. The van der Waals surface area contributed by atoms with Gasteiger partial charge in [0.05, 0.1) is 11.9 Å². The molecule has 3 rings (SSSR count). The minimum Gasteiger partial charge on any atom is -0.372 e. The second-order valence-corrected chi connectivity index (χ2v) is 8.95. The summed E-state index contributed by atoms with van der Waals surface area (Å²) in [6.45, 7) is 1.72. The number of nitrogens with one attached hydrogen (secondary N) is 1. The average molecular weight is 352 g/mol. The van der Waals surface area contributed by atoms with Crippen LogP contribution in [0.5, 0.6) is 0 Å². The van der Waals surface area contributed by atoms with Crippen molar-refractivity contribution < 1.29 is 26.7 Å². The maximum atomic E-state index is 12.8. The van der Waals surface area contributed by atoms with Crippen LogP contribution in [0.25, 0.3) is 0 Å². The van der Waals surface area contributed by atoms with Gasteiger partial charge >= 0.3 is 0 Å². The van der Waals surface area contributed by atoms with Crippen molar-refractivity contribution in [3.63, 3.8) is 0 Å². The second-order valence-electron chi connectivity index (χ2n) is 6.97. The first kappa shape index (κ1) is 17.0. The number of rotatable bonds is 5. The fraction of sp³-hybridized carbons (Fsp3) is 0.929. The van der Waals surface area contributed by atoms with Gasteiger partial charge in [-0.15, -0.1) is 0 Å². The van der Waals surface area contributed by atoms with Crippen molar-refractivity contribution in [3.05, 3.63) is 0 Å². The summed E-state index contributed by atoms with van der Waals surface area (Å²) in [5, 5.41) is 2.72. The molecule has 2 saturated heterocycles. The lowest BCUT2D eigenvalue weighted by Crippen LogP contribution is -2.65. The molecule has 0 bridgehead atoms. The van der Waals surface area contributed by atoms with Crippen LogP contribution in [-0.4, -0.2) is 62.7 Å².